The van der Waals surface area contributed by atoms with Crippen molar-refractivity contribution in [3.05, 3.63) is 176 Å². The monoisotopic (exact) mass is 731 g/mol. The van der Waals surface area contributed by atoms with Crippen LogP contribution in [0, 0.1) is 0 Å². The summed E-state index contributed by atoms with van der Waals surface area (Å²) in [7, 11) is 0. The summed E-state index contributed by atoms with van der Waals surface area (Å²) < 4.78 is 19.4. The Hall–Kier alpha value is -7.83. The van der Waals surface area contributed by atoms with Gasteiger partial charge in [0.2, 0.25) is 0 Å². The molecule has 0 fully saturated rings. The van der Waals surface area contributed by atoms with Gasteiger partial charge in [0.05, 0.1) is 5.56 Å². The highest BCUT2D eigenvalue weighted by atomic mass is 16.3. The van der Waals surface area contributed by atoms with Gasteiger partial charge in [-0.25, -0.2) is 15.0 Å². The smallest absolute Gasteiger partial charge is 0.167 e. The highest BCUT2D eigenvalue weighted by Gasteiger charge is 2.21. The van der Waals surface area contributed by atoms with Gasteiger partial charge in [0.15, 0.2) is 17.5 Å². The molecule has 266 valence electrons. The van der Waals surface area contributed by atoms with Crippen LogP contribution >= 0.6 is 0 Å². The SMILES string of the molecule is c1ccc(-c2ccc3oc4cccc(-c5ccc6oc7cccc(-c8nc(-c9ccccc9)nc(-c9cccc%10c9oc9ccccc9%10)n8)c7c6c5)c4c3c2)cc1. The highest BCUT2D eigenvalue weighted by molar-refractivity contribution is 6.16. The average Bonchev–Trinajstić information content (AvgIpc) is 3.97. The summed E-state index contributed by atoms with van der Waals surface area (Å²) in [5.74, 6) is 1.65. The molecule has 0 atom stereocenters. The Labute approximate surface area is 325 Å². The van der Waals surface area contributed by atoms with E-state index in [1.165, 1.54) is 0 Å². The van der Waals surface area contributed by atoms with Crippen LogP contribution in [0.1, 0.15) is 0 Å². The quantitative estimate of drug-likeness (QED) is 0.175. The molecule has 0 amide bonds. The maximum Gasteiger partial charge on any atom is 0.167 e. The molecule has 6 nitrogen and oxygen atoms in total. The first-order valence-corrected chi connectivity index (χ1v) is 18.9. The van der Waals surface area contributed by atoms with Gasteiger partial charge in [-0.05, 0) is 70.8 Å². The molecule has 0 bridgehead atoms. The number of hydrogen-bond donors (Lipinski definition) is 0. The fraction of sp³-hybridized carbons (Fsp3) is 0. The van der Waals surface area contributed by atoms with Crippen molar-refractivity contribution < 1.29 is 13.3 Å². The third kappa shape index (κ3) is 5.01. The topological polar surface area (TPSA) is 78.1 Å². The van der Waals surface area contributed by atoms with Crippen molar-refractivity contribution in [2.24, 2.45) is 0 Å². The Bertz CT molecular complexity index is 3530. The number of fused-ring (bicyclic) bond motifs is 9. The molecule has 0 N–H and O–H groups in total. The Morgan fingerprint density at radius 3 is 1.54 bits per heavy atom. The third-order valence-corrected chi connectivity index (χ3v) is 11.0. The van der Waals surface area contributed by atoms with E-state index in [-0.39, 0.29) is 0 Å². The summed E-state index contributed by atoms with van der Waals surface area (Å²) in [6.07, 6.45) is 0. The van der Waals surface area contributed by atoms with Crippen molar-refractivity contribution in [2.75, 3.05) is 0 Å². The average molecular weight is 732 g/mol. The van der Waals surface area contributed by atoms with Crippen LogP contribution in [-0.4, -0.2) is 15.0 Å². The molecule has 4 aromatic heterocycles. The number of rotatable bonds is 5. The third-order valence-electron chi connectivity index (χ3n) is 11.0. The molecule has 12 rings (SSSR count). The summed E-state index contributed by atoms with van der Waals surface area (Å²) in [4.78, 5) is 15.4. The van der Waals surface area contributed by atoms with Gasteiger partial charge in [-0.15, -0.1) is 0 Å². The molecule has 8 aromatic carbocycles. The van der Waals surface area contributed by atoms with Gasteiger partial charge >= 0.3 is 0 Å². The van der Waals surface area contributed by atoms with Crippen molar-refractivity contribution in [3.63, 3.8) is 0 Å². The minimum Gasteiger partial charge on any atom is -0.456 e. The fourth-order valence-electron chi connectivity index (χ4n) is 8.31. The second kappa shape index (κ2) is 12.3. The van der Waals surface area contributed by atoms with Gasteiger partial charge < -0.3 is 13.3 Å². The molecule has 6 heteroatoms. The van der Waals surface area contributed by atoms with Crippen LogP contribution < -0.4 is 0 Å². The second-order valence-corrected chi connectivity index (χ2v) is 14.3. The summed E-state index contributed by atoms with van der Waals surface area (Å²) in [5, 5.41) is 6.11. The molecule has 0 saturated heterocycles. The van der Waals surface area contributed by atoms with E-state index in [2.05, 4.69) is 91.0 Å². The van der Waals surface area contributed by atoms with E-state index in [0.717, 1.165) is 105 Å². The zero-order chi connectivity index (χ0) is 37.5. The number of benzene rings is 8. The van der Waals surface area contributed by atoms with Crippen LogP contribution in [0.3, 0.4) is 0 Å². The molecule has 57 heavy (non-hydrogen) atoms. The van der Waals surface area contributed by atoms with Gasteiger partial charge in [0, 0.05) is 43.4 Å². The van der Waals surface area contributed by atoms with Gasteiger partial charge in [-0.1, -0.05) is 127 Å². The first-order chi connectivity index (χ1) is 28.2. The van der Waals surface area contributed by atoms with Crippen molar-refractivity contribution in [3.8, 4) is 56.4 Å². The minimum atomic E-state index is 0.530. The van der Waals surface area contributed by atoms with E-state index in [0.29, 0.717) is 17.5 Å². The van der Waals surface area contributed by atoms with Gasteiger partial charge in [-0.3, -0.25) is 0 Å². The largest absolute Gasteiger partial charge is 0.456 e. The molecule has 0 spiro atoms. The first-order valence-electron chi connectivity index (χ1n) is 18.9. The highest BCUT2D eigenvalue weighted by Crippen LogP contribution is 2.43. The Balaban J connectivity index is 1.07. The predicted octanol–water partition coefficient (Wildman–Crippen LogP) is 13.9. The number of aromatic nitrogens is 3. The van der Waals surface area contributed by atoms with Crippen LogP contribution in [0.5, 0.6) is 0 Å². The van der Waals surface area contributed by atoms with Crippen LogP contribution in [0.25, 0.3) is 122 Å². The minimum absolute atomic E-state index is 0.530. The number of hydrogen-bond acceptors (Lipinski definition) is 6. The fourth-order valence-corrected chi connectivity index (χ4v) is 8.31. The number of para-hydroxylation sites is 2. The Kier molecular flexibility index (Phi) is 6.83. The molecular formula is C51H29N3O3. The zero-order valence-electron chi connectivity index (χ0n) is 30.3. The van der Waals surface area contributed by atoms with Crippen molar-refractivity contribution in [1.82, 2.24) is 15.0 Å². The van der Waals surface area contributed by atoms with Crippen molar-refractivity contribution in [1.29, 1.82) is 0 Å². The lowest BCUT2D eigenvalue weighted by atomic mass is 9.96. The maximum absolute atomic E-state index is 6.53. The molecule has 4 heterocycles. The molecule has 12 aromatic rings. The van der Waals surface area contributed by atoms with E-state index < -0.39 is 0 Å². The summed E-state index contributed by atoms with van der Waals surface area (Å²) in [5.41, 5.74) is 11.8. The summed E-state index contributed by atoms with van der Waals surface area (Å²) in [6, 6.07) is 59.8. The van der Waals surface area contributed by atoms with Crippen LogP contribution in [-0.2, 0) is 0 Å². The first kappa shape index (κ1) is 31.5. The lowest BCUT2D eigenvalue weighted by Gasteiger charge is -2.10. The molecule has 0 unspecified atom stereocenters. The van der Waals surface area contributed by atoms with Gasteiger partial charge in [0.1, 0.15) is 33.5 Å². The van der Waals surface area contributed by atoms with E-state index in [9.17, 15) is 0 Å². The number of nitrogens with zero attached hydrogens (tertiary/aromatic N) is 3. The van der Waals surface area contributed by atoms with Crippen molar-refractivity contribution in [2.45, 2.75) is 0 Å². The second-order valence-electron chi connectivity index (χ2n) is 14.3. The lowest BCUT2D eigenvalue weighted by Crippen LogP contribution is -2.00. The maximum atomic E-state index is 6.53. The van der Waals surface area contributed by atoms with E-state index in [4.69, 9.17) is 28.2 Å². The van der Waals surface area contributed by atoms with E-state index >= 15 is 0 Å². The summed E-state index contributed by atoms with van der Waals surface area (Å²) in [6.45, 7) is 0. The van der Waals surface area contributed by atoms with E-state index in [1.807, 2.05) is 84.9 Å². The van der Waals surface area contributed by atoms with Crippen LogP contribution in [0.15, 0.2) is 189 Å². The Morgan fingerprint density at radius 2 is 0.789 bits per heavy atom. The van der Waals surface area contributed by atoms with Crippen LogP contribution in [0.4, 0.5) is 0 Å². The van der Waals surface area contributed by atoms with Gasteiger partial charge in [0.25, 0.3) is 0 Å². The standard InChI is InChI=1S/C51H29N3O3/c1-3-12-30(13-4-1)32-24-26-42-39(28-32)46-34(17-10-22-44(46)55-42)33-25-27-43-40(29-33)47-37(19-11-23-45(47)56-43)50-52-49(31-14-5-2-6-15-31)53-51(54-50)38-20-9-18-36-35-16-7-8-21-41(35)57-48(36)38/h1-29H. The van der Waals surface area contributed by atoms with Crippen LogP contribution in [0.2, 0.25) is 0 Å². The zero-order valence-corrected chi connectivity index (χ0v) is 30.3. The van der Waals surface area contributed by atoms with Crippen molar-refractivity contribution >= 4 is 65.8 Å². The molecule has 0 saturated carbocycles. The normalized spacial score (nSPS) is 11.9. The molecule has 0 radical (unpaired) electrons. The Morgan fingerprint density at radius 1 is 0.281 bits per heavy atom. The predicted molar refractivity (Wildman–Crippen MR) is 229 cm³/mol. The molecule has 0 aliphatic heterocycles. The molecule has 0 aliphatic carbocycles. The lowest BCUT2D eigenvalue weighted by molar-refractivity contribution is 0.668. The van der Waals surface area contributed by atoms with E-state index in [1.54, 1.807) is 0 Å². The molecular weight excluding hydrogens is 703 g/mol. The summed E-state index contributed by atoms with van der Waals surface area (Å²) >= 11 is 0. The van der Waals surface area contributed by atoms with Gasteiger partial charge in [-0.2, -0.15) is 0 Å². The number of furan rings is 3. The molecule has 0 aliphatic rings.